The van der Waals surface area contributed by atoms with Crippen LogP contribution >= 0.6 is 0 Å². The van der Waals surface area contributed by atoms with Crippen LogP contribution in [0.5, 0.6) is 0 Å². The van der Waals surface area contributed by atoms with Gasteiger partial charge in [0.15, 0.2) is 0 Å². The van der Waals surface area contributed by atoms with E-state index >= 15 is 0 Å². The molecule has 1 aromatic carbocycles. The molecule has 0 saturated heterocycles. The second kappa shape index (κ2) is 6.84. The van der Waals surface area contributed by atoms with Crippen molar-refractivity contribution in [3.63, 3.8) is 0 Å². The van der Waals surface area contributed by atoms with E-state index in [9.17, 15) is 18.0 Å². The lowest BCUT2D eigenvalue weighted by atomic mass is 10.1. The number of carbonyl (C=O) groups excluding carboxylic acids is 1. The topological polar surface area (TPSA) is 57.3 Å². The van der Waals surface area contributed by atoms with Crippen LogP contribution < -0.4 is 0 Å². The first-order chi connectivity index (χ1) is 11.9. The van der Waals surface area contributed by atoms with Crippen LogP contribution in [0.3, 0.4) is 0 Å². The van der Waals surface area contributed by atoms with E-state index in [0.717, 1.165) is 12.1 Å². The van der Waals surface area contributed by atoms with Crippen molar-refractivity contribution in [1.82, 2.24) is 9.78 Å². The molecule has 3 aromatic rings. The molecule has 0 spiro atoms. The van der Waals surface area contributed by atoms with Crippen molar-refractivity contribution in [2.75, 3.05) is 0 Å². The number of halogens is 3. The Labute approximate surface area is 140 Å². The summed E-state index contributed by atoms with van der Waals surface area (Å²) in [6, 6.07) is 9.44. The molecule has 0 N–H and O–H groups in total. The number of hydrogen-bond acceptors (Lipinski definition) is 4. The zero-order chi connectivity index (χ0) is 17.9. The van der Waals surface area contributed by atoms with Gasteiger partial charge in [0.2, 0.25) is 5.76 Å². The minimum absolute atomic E-state index is 0.0193. The fourth-order valence-electron chi connectivity index (χ4n) is 2.18. The lowest BCUT2D eigenvalue weighted by Gasteiger charge is -2.08. The van der Waals surface area contributed by atoms with E-state index in [1.54, 1.807) is 29.2 Å². The van der Waals surface area contributed by atoms with Gasteiger partial charge in [0.1, 0.15) is 12.4 Å². The Kier molecular flexibility index (Phi) is 4.60. The van der Waals surface area contributed by atoms with Crippen LogP contribution in [0.1, 0.15) is 27.4 Å². The molecule has 2 aromatic heterocycles. The minimum atomic E-state index is -4.44. The second-order valence-corrected chi connectivity index (χ2v) is 5.24. The summed E-state index contributed by atoms with van der Waals surface area (Å²) in [5.41, 5.74) is -0.549. The second-order valence-electron chi connectivity index (χ2n) is 5.24. The largest absolute Gasteiger partial charge is 0.455 e. The van der Waals surface area contributed by atoms with Gasteiger partial charge in [-0.05, 0) is 35.9 Å². The number of alkyl halides is 3. The lowest BCUT2D eigenvalue weighted by Crippen LogP contribution is -2.07. The maximum Gasteiger partial charge on any atom is 0.416 e. The van der Waals surface area contributed by atoms with Crippen LogP contribution in [0, 0.1) is 0 Å². The molecule has 2 heterocycles. The monoisotopic (exact) mass is 350 g/mol. The molecule has 0 aliphatic carbocycles. The van der Waals surface area contributed by atoms with Crippen molar-refractivity contribution in [3.8, 4) is 0 Å². The zero-order valence-electron chi connectivity index (χ0n) is 12.9. The molecule has 8 heteroatoms. The summed E-state index contributed by atoms with van der Waals surface area (Å²) in [6.45, 7) is 0.0752. The van der Waals surface area contributed by atoms with Gasteiger partial charge >= 0.3 is 12.1 Å². The highest BCUT2D eigenvalue weighted by Crippen LogP contribution is 2.29. The quantitative estimate of drug-likeness (QED) is 0.655. The Morgan fingerprint density at radius 3 is 2.76 bits per heavy atom. The van der Waals surface area contributed by atoms with Gasteiger partial charge in [0.25, 0.3) is 0 Å². The molecule has 0 radical (unpaired) electrons. The fourth-order valence-corrected chi connectivity index (χ4v) is 2.18. The Hall–Kier alpha value is -3.03. The van der Waals surface area contributed by atoms with Crippen LogP contribution in [0.25, 0.3) is 0 Å². The first kappa shape index (κ1) is 16.8. The van der Waals surface area contributed by atoms with Gasteiger partial charge in [-0.15, -0.1) is 0 Å². The number of carbonyl (C=O) groups is 1. The van der Waals surface area contributed by atoms with E-state index in [-0.39, 0.29) is 17.9 Å². The van der Waals surface area contributed by atoms with Crippen molar-refractivity contribution in [3.05, 3.63) is 77.5 Å². The number of aromatic nitrogens is 2. The van der Waals surface area contributed by atoms with Crippen LogP contribution in [-0.4, -0.2) is 15.7 Å². The third kappa shape index (κ3) is 4.28. The smallest absolute Gasteiger partial charge is 0.416 e. The molecule has 0 unspecified atom stereocenters. The molecule has 3 rings (SSSR count). The van der Waals surface area contributed by atoms with E-state index in [0.29, 0.717) is 12.3 Å². The number of esters is 1. The molecular weight excluding hydrogens is 337 g/mol. The van der Waals surface area contributed by atoms with Crippen LogP contribution in [-0.2, 0) is 24.1 Å². The molecule has 0 fully saturated rings. The molecular formula is C17H13F3N2O3. The first-order valence-corrected chi connectivity index (χ1v) is 7.31. The van der Waals surface area contributed by atoms with E-state index in [4.69, 9.17) is 9.15 Å². The maximum atomic E-state index is 12.7. The van der Waals surface area contributed by atoms with Crippen LogP contribution in [0.2, 0.25) is 0 Å². The molecule has 25 heavy (non-hydrogen) atoms. The van der Waals surface area contributed by atoms with E-state index < -0.39 is 17.7 Å². The first-order valence-electron chi connectivity index (χ1n) is 7.31. The van der Waals surface area contributed by atoms with Crippen LogP contribution in [0.4, 0.5) is 13.2 Å². The SMILES string of the molecule is O=C(OCc1cccc(C(F)(F)F)c1)c1ccc(Cn2cccn2)o1. The minimum Gasteiger partial charge on any atom is -0.455 e. The Morgan fingerprint density at radius 1 is 1.20 bits per heavy atom. The summed E-state index contributed by atoms with van der Waals surface area (Å²) in [4.78, 5) is 12.0. The van der Waals surface area contributed by atoms with Gasteiger partial charge < -0.3 is 9.15 Å². The standard InChI is InChI=1S/C17H13F3N2O3/c18-17(19,20)13-4-1-3-12(9-13)11-24-16(23)15-6-5-14(25-15)10-22-8-2-7-21-22/h1-9H,10-11H2. The molecule has 0 aliphatic heterocycles. The van der Waals surface area contributed by atoms with Crippen molar-refractivity contribution in [2.24, 2.45) is 0 Å². The molecule has 0 atom stereocenters. The molecule has 0 bridgehead atoms. The summed E-state index contributed by atoms with van der Waals surface area (Å²) in [6.07, 6.45) is -1.08. The summed E-state index contributed by atoms with van der Waals surface area (Å²) in [5.74, 6) is -0.257. The molecule has 130 valence electrons. The lowest BCUT2D eigenvalue weighted by molar-refractivity contribution is -0.137. The molecule has 0 amide bonds. The summed E-state index contributed by atoms with van der Waals surface area (Å²) in [7, 11) is 0. The summed E-state index contributed by atoms with van der Waals surface area (Å²) in [5, 5.41) is 4.02. The zero-order valence-corrected chi connectivity index (χ0v) is 12.9. The van der Waals surface area contributed by atoms with E-state index in [2.05, 4.69) is 5.10 Å². The average molecular weight is 350 g/mol. The van der Waals surface area contributed by atoms with Crippen LogP contribution in [0.15, 0.2) is 59.3 Å². The predicted octanol–water partition coefficient (Wildman–Crippen LogP) is 3.90. The average Bonchev–Trinajstić information content (AvgIpc) is 3.24. The van der Waals surface area contributed by atoms with Gasteiger partial charge in [0, 0.05) is 12.4 Å². The van der Waals surface area contributed by atoms with Gasteiger partial charge in [0.05, 0.1) is 12.1 Å². The third-order valence-corrected chi connectivity index (χ3v) is 3.36. The summed E-state index contributed by atoms with van der Waals surface area (Å²) < 4.78 is 50.0. The number of nitrogens with zero attached hydrogens (tertiary/aromatic N) is 2. The summed E-state index contributed by atoms with van der Waals surface area (Å²) >= 11 is 0. The fraction of sp³-hybridized carbons (Fsp3) is 0.176. The van der Waals surface area contributed by atoms with Crippen molar-refractivity contribution < 1.29 is 27.1 Å². The van der Waals surface area contributed by atoms with E-state index in [1.807, 2.05) is 0 Å². The number of furan rings is 1. The van der Waals surface area contributed by atoms with Gasteiger partial charge in [-0.3, -0.25) is 4.68 Å². The molecule has 0 saturated carbocycles. The van der Waals surface area contributed by atoms with Gasteiger partial charge in [-0.2, -0.15) is 18.3 Å². The van der Waals surface area contributed by atoms with Gasteiger partial charge in [-0.25, -0.2) is 4.79 Å². The molecule has 5 nitrogen and oxygen atoms in total. The molecule has 0 aliphatic rings. The highest BCUT2D eigenvalue weighted by atomic mass is 19.4. The number of benzene rings is 1. The predicted molar refractivity (Wildman–Crippen MR) is 80.6 cm³/mol. The normalized spacial score (nSPS) is 11.5. The third-order valence-electron chi connectivity index (χ3n) is 3.36. The Morgan fingerprint density at radius 2 is 2.04 bits per heavy atom. The number of rotatable bonds is 5. The number of hydrogen-bond donors (Lipinski definition) is 0. The van der Waals surface area contributed by atoms with Crippen molar-refractivity contribution >= 4 is 5.97 Å². The van der Waals surface area contributed by atoms with E-state index in [1.165, 1.54) is 18.2 Å². The highest BCUT2D eigenvalue weighted by Gasteiger charge is 2.30. The number of ether oxygens (including phenoxy) is 1. The Bertz CT molecular complexity index is 854. The van der Waals surface area contributed by atoms with Crippen molar-refractivity contribution in [1.29, 1.82) is 0 Å². The Balaban J connectivity index is 1.60. The van der Waals surface area contributed by atoms with Gasteiger partial charge in [-0.1, -0.05) is 12.1 Å². The highest BCUT2D eigenvalue weighted by molar-refractivity contribution is 5.86. The maximum absolute atomic E-state index is 12.7. The van der Waals surface area contributed by atoms with Crippen molar-refractivity contribution in [2.45, 2.75) is 19.3 Å².